The van der Waals surface area contributed by atoms with Crippen molar-refractivity contribution in [2.24, 2.45) is 5.41 Å². The highest BCUT2D eigenvalue weighted by molar-refractivity contribution is 8.00. The van der Waals surface area contributed by atoms with Gasteiger partial charge in [-0.3, -0.25) is 4.79 Å². The van der Waals surface area contributed by atoms with Gasteiger partial charge in [-0.05, 0) is 74.3 Å². The van der Waals surface area contributed by atoms with Gasteiger partial charge >= 0.3 is 6.18 Å². The van der Waals surface area contributed by atoms with Crippen molar-refractivity contribution in [2.75, 3.05) is 47.0 Å². The Bertz CT molecular complexity index is 1090. The molecule has 0 bridgehead atoms. The number of ether oxygens (including phenoxy) is 1. The average Bonchev–Trinajstić information content (AvgIpc) is 3.60. The minimum absolute atomic E-state index is 0.0662. The molecule has 0 atom stereocenters. The van der Waals surface area contributed by atoms with Gasteiger partial charge in [0.2, 0.25) is 5.88 Å². The largest absolute Gasteiger partial charge is 0.478 e. The van der Waals surface area contributed by atoms with Gasteiger partial charge in [-0.25, -0.2) is 0 Å². The third kappa shape index (κ3) is 7.91. The highest BCUT2D eigenvalue weighted by Crippen LogP contribution is 2.54. The van der Waals surface area contributed by atoms with Gasteiger partial charge < -0.3 is 24.8 Å². The third-order valence-electron chi connectivity index (χ3n) is 6.79. The lowest BCUT2D eigenvalue weighted by Crippen LogP contribution is -2.35. The number of aliphatic hydroxyl groups is 1. The second-order valence-electron chi connectivity index (χ2n) is 9.78. The summed E-state index contributed by atoms with van der Waals surface area (Å²) in [5.41, 5.74) is 3.45. The van der Waals surface area contributed by atoms with E-state index < -0.39 is 12.6 Å². The molecule has 1 spiro atoms. The monoisotopic (exact) mass is 538 g/mol. The molecule has 1 aliphatic carbocycles. The molecule has 11 heteroatoms. The number of pyridine rings is 1. The van der Waals surface area contributed by atoms with Crippen LogP contribution in [0.5, 0.6) is 5.88 Å². The molecule has 202 valence electrons. The molecule has 7 nitrogen and oxygen atoms in total. The van der Waals surface area contributed by atoms with Crippen molar-refractivity contribution < 1.29 is 27.8 Å². The number of hydrogen-bond donors (Lipinski definition) is 3. The molecule has 2 fully saturated rings. The lowest BCUT2D eigenvalue weighted by atomic mass is 9.93. The maximum absolute atomic E-state index is 13.4. The van der Waals surface area contributed by atoms with E-state index in [2.05, 4.69) is 19.9 Å². The molecule has 1 saturated heterocycles. The molecule has 37 heavy (non-hydrogen) atoms. The van der Waals surface area contributed by atoms with E-state index >= 15 is 0 Å². The summed E-state index contributed by atoms with van der Waals surface area (Å²) >= 11 is 1.40. The molecular formula is C26H33F3N4O3S. The fourth-order valence-electron chi connectivity index (χ4n) is 4.53. The van der Waals surface area contributed by atoms with E-state index in [0.29, 0.717) is 16.7 Å². The Morgan fingerprint density at radius 2 is 1.95 bits per heavy atom. The van der Waals surface area contributed by atoms with E-state index in [1.807, 2.05) is 12.1 Å². The smallest absolute Gasteiger partial charge is 0.389 e. The quantitative estimate of drug-likeness (QED) is 0.246. The molecule has 1 aromatic heterocycles. The predicted octanol–water partition coefficient (Wildman–Crippen LogP) is 5.80. The first-order valence-corrected chi connectivity index (χ1v) is 13.5. The minimum Gasteiger partial charge on any atom is -0.478 e. The fraction of sp³-hybridized carbons (Fsp3) is 0.538. The van der Waals surface area contributed by atoms with Gasteiger partial charge in [0.25, 0.3) is 5.91 Å². The zero-order valence-electron chi connectivity index (χ0n) is 20.9. The summed E-state index contributed by atoms with van der Waals surface area (Å²) < 4.78 is 45.8. The van der Waals surface area contributed by atoms with Crippen molar-refractivity contribution in [3.05, 3.63) is 41.5 Å². The molecule has 3 N–H and O–H groups in total. The Kier molecular flexibility index (Phi) is 8.74. The van der Waals surface area contributed by atoms with Gasteiger partial charge in [0, 0.05) is 37.0 Å². The lowest BCUT2D eigenvalue weighted by Gasteiger charge is -2.35. The predicted molar refractivity (Wildman–Crippen MR) is 140 cm³/mol. The van der Waals surface area contributed by atoms with Crippen molar-refractivity contribution in [3.63, 3.8) is 0 Å². The molecule has 4 rings (SSSR count). The summed E-state index contributed by atoms with van der Waals surface area (Å²) in [6.07, 6.45) is -0.528. The van der Waals surface area contributed by atoms with Crippen LogP contribution in [-0.2, 0) is 0 Å². The van der Waals surface area contributed by atoms with Crippen molar-refractivity contribution in [3.8, 4) is 5.88 Å². The van der Waals surface area contributed by atoms with E-state index in [9.17, 15) is 18.0 Å². The van der Waals surface area contributed by atoms with Crippen LogP contribution < -0.4 is 19.7 Å². The van der Waals surface area contributed by atoms with Gasteiger partial charge in [-0.2, -0.15) is 18.2 Å². The van der Waals surface area contributed by atoms with Crippen molar-refractivity contribution >= 4 is 35.0 Å². The number of piperidine rings is 1. The summed E-state index contributed by atoms with van der Waals surface area (Å²) in [5, 5.41) is 11.9. The first kappa shape index (κ1) is 27.4. The number of hydrogen-bond acceptors (Lipinski definition) is 7. The Morgan fingerprint density at radius 1 is 1.19 bits per heavy atom. The third-order valence-corrected chi connectivity index (χ3v) is 7.56. The van der Waals surface area contributed by atoms with E-state index in [-0.39, 0.29) is 37.2 Å². The number of amides is 1. The van der Waals surface area contributed by atoms with Crippen LogP contribution in [0.4, 0.5) is 30.4 Å². The number of aromatic nitrogens is 1. The topological polar surface area (TPSA) is 86.7 Å². The molecule has 2 heterocycles. The molecule has 1 saturated carbocycles. The van der Waals surface area contributed by atoms with Gasteiger partial charge in [0.15, 0.2) is 0 Å². The fourth-order valence-corrected chi connectivity index (χ4v) is 5.02. The highest BCUT2D eigenvalue weighted by Gasteiger charge is 2.44. The zero-order chi connectivity index (χ0) is 26.5. The molecule has 2 aromatic rings. The number of aliphatic hydroxyl groups excluding tert-OH is 1. The van der Waals surface area contributed by atoms with Crippen LogP contribution in [0.25, 0.3) is 0 Å². The number of halogens is 3. The van der Waals surface area contributed by atoms with Crippen LogP contribution in [0, 0.1) is 12.3 Å². The van der Waals surface area contributed by atoms with E-state index in [0.717, 1.165) is 42.9 Å². The first-order valence-electron chi connectivity index (χ1n) is 12.5. The number of nitrogens with one attached hydrogen (secondary N) is 2. The Morgan fingerprint density at radius 3 is 2.62 bits per heavy atom. The second-order valence-corrected chi connectivity index (χ2v) is 10.7. The number of carbonyl (C=O) groups excluding carboxylic acids is 1. The van der Waals surface area contributed by atoms with E-state index in [1.165, 1.54) is 24.8 Å². The van der Waals surface area contributed by atoms with Crippen LogP contribution >= 0.6 is 11.9 Å². The number of carbonyl (C=O) groups is 1. The number of rotatable bonds is 11. The molecule has 2 aliphatic rings. The summed E-state index contributed by atoms with van der Waals surface area (Å²) in [7, 11) is 0. The normalized spacial score (nSPS) is 16.5. The summed E-state index contributed by atoms with van der Waals surface area (Å²) in [5.74, 6) is 0.669. The molecular weight excluding hydrogens is 505 g/mol. The summed E-state index contributed by atoms with van der Waals surface area (Å²) in [4.78, 5) is 19.9. The van der Waals surface area contributed by atoms with Crippen molar-refractivity contribution in [1.82, 2.24) is 4.98 Å². The van der Waals surface area contributed by atoms with Crippen LogP contribution in [0.15, 0.2) is 30.3 Å². The molecule has 1 amide bonds. The van der Waals surface area contributed by atoms with Gasteiger partial charge in [-0.1, -0.05) is 11.9 Å². The van der Waals surface area contributed by atoms with Crippen LogP contribution in [0.2, 0.25) is 0 Å². The van der Waals surface area contributed by atoms with E-state index in [1.54, 1.807) is 25.1 Å². The molecule has 0 unspecified atom stereocenters. The van der Waals surface area contributed by atoms with Crippen LogP contribution in [0.1, 0.15) is 54.4 Å². The number of alkyl halides is 3. The Labute approximate surface area is 219 Å². The van der Waals surface area contributed by atoms with Gasteiger partial charge in [0.1, 0.15) is 5.82 Å². The standard InChI is InChI=1S/C26H33F3N4O3S/c1-18-15-22(30-23(16-18)36-13-2-5-26(27,28)29)31-24(35)20-4-3-19(32-37-14-12-34)17-21(20)33-10-8-25(6-7-25)9-11-33/h3-4,15-17,32,34H,2,5-14H2,1H3,(H,30,31,35). The first-order chi connectivity index (χ1) is 17.7. The average molecular weight is 539 g/mol. The molecule has 0 radical (unpaired) electrons. The van der Waals surface area contributed by atoms with Gasteiger partial charge in [-0.15, -0.1) is 0 Å². The van der Waals surface area contributed by atoms with Crippen molar-refractivity contribution in [2.45, 2.75) is 51.6 Å². The van der Waals surface area contributed by atoms with E-state index in [4.69, 9.17) is 9.84 Å². The molecule has 1 aromatic carbocycles. The number of nitrogens with zero attached hydrogens (tertiary/aromatic N) is 2. The number of anilines is 3. The second kappa shape index (κ2) is 11.8. The highest BCUT2D eigenvalue weighted by atomic mass is 32.2. The van der Waals surface area contributed by atoms with Crippen molar-refractivity contribution in [1.29, 1.82) is 0 Å². The molecule has 1 aliphatic heterocycles. The summed E-state index contributed by atoms with van der Waals surface area (Å²) in [6.45, 7) is 3.51. The Hall–Kier alpha value is -2.66. The minimum atomic E-state index is -4.23. The maximum Gasteiger partial charge on any atom is 0.389 e. The lowest BCUT2D eigenvalue weighted by molar-refractivity contribution is -0.136. The number of aryl methyl sites for hydroxylation is 1. The number of benzene rings is 1. The summed E-state index contributed by atoms with van der Waals surface area (Å²) in [6, 6.07) is 8.88. The Balaban J connectivity index is 1.47. The van der Waals surface area contributed by atoms with Crippen LogP contribution in [-0.4, -0.2) is 54.2 Å². The SMILES string of the molecule is Cc1cc(NC(=O)c2ccc(NSCCO)cc2N2CCC3(CC2)CC3)nc(OCCCC(F)(F)F)c1. The zero-order valence-corrected chi connectivity index (χ0v) is 21.7. The van der Waals surface area contributed by atoms with Gasteiger partial charge in [0.05, 0.1) is 24.5 Å². The van der Waals surface area contributed by atoms with Crippen LogP contribution in [0.3, 0.4) is 0 Å². The maximum atomic E-state index is 13.4.